The van der Waals surface area contributed by atoms with Gasteiger partial charge >= 0.3 is 0 Å². The van der Waals surface area contributed by atoms with Crippen LogP contribution >= 0.6 is 12.6 Å². The minimum atomic E-state index is 0.108. The van der Waals surface area contributed by atoms with Crippen LogP contribution in [0.3, 0.4) is 0 Å². The van der Waals surface area contributed by atoms with Crippen molar-refractivity contribution in [1.29, 1.82) is 0 Å². The maximum atomic E-state index is 11.5. The summed E-state index contributed by atoms with van der Waals surface area (Å²) in [5.41, 5.74) is 0.878. The van der Waals surface area contributed by atoms with Crippen molar-refractivity contribution in [3.8, 4) is 0 Å². The van der Waals surface area contributed by atoms with Gasteiger partial charge in [0.1, 0.15) is 0 Å². The molecule has 16 heavy (non-hydrogen) atoms. The zero-order valence-corrected chi connectivity index (χ0v) is 10.4. The fourth-order valence-electron chi connectivity index (χ4n) is 1.50. The molecule has 1 N–H and O–H groups in total. The summed E-state index contributed by atoms with van der Waals surface area (Å²) in [7, 11) is 0. The molecule has 0 heterocycles. The topological polar surface area (TPSA) is 29.1 Å². The van der Waals surface area contributed by atoms with E-state index >= 15 is 0 Å². The maximum absolute atomic E-state index is 11.5. The Morgan fingerprint density at radius 3 is 2.44 bits per heavy atom. The van der Waals surface area contributed by atoms with Gasteiger partial charge in [-0.2, -0.15) is 12.6 Å². The number of rotatable bonds is 7. The van der Waals surface area contributed by atoms with E-state index in [9.17, 15) is 4.79 Å². The van der Waals surface area contributed by atoms with E-state index in [0.29, 0.717) is 6.42 Å². The van der Waals surface area contributed by atoms with E-state index in [0.717, 1.165) is 30.7 Å². The predicted octanol–water partition coefficient (Wildman–Crippen LogP) is 3.51. The van der Waals surface area contributed by atoms with Crippen LogP contribution in [0.25, 0.3) is 0 Å². The molecule has 88 valence electrons. The van der Waals surface area contributed by atoms with Gasteiger partial charge < -0.3 is 5.32 Å². The van der Waals surface area contributed by atoms with Gasteiger partial charge in [-0.25, -0.2) is 0 Å². The van der Waals surface area contributed by atoms with Crippen LogP contribution in [0.2, 0.25) is 0 Å². The Hall–Kier alpha value is -0.960. The number of benzene rings is 1. The smallest absolute Gasteiger partial charge is 0.224 e. The number of amides is 1. The zero-order valence-electron chi connectivity index (χ0n) is 9.48. The number of carbonyl (C=O) groups is 1. The predicted molar refractivity (Wildman–Crippen MR) is 72.0 cm³/mol. The van der Waals surface area contributed by atoms with Crippen molar-refractivity contribution in [2.45, 2.75) is 32.1 Å². The van der Waals surface area contributed by atoms with E-state index in [2.05, 4.69) is 17.9 Å². The summed E-state index contributed by atoms with van der Waals surface area (Å²) < 4.78 is 0. The molecule has 0 aliphatic rings. The largest absolute Gasteiger partial charge is 0.326 e. The molecule has 1 aromatic rings. The van der Waals surface area contributed by atoms with Crippen LogP contribution in [0.5, 0.6) is 0 Å². The summed E-state index contributed by atoms with van der Waals surface area (Å²) in [6, 6.07) is 9.58. The zero-order chi connectivity index (χ0) is 11.6. The van der Waals surface area contributed by atoms with Crippen LogP contribution < -0.4 is 5.32 Å². The molecule has 1 rings (SSSR count). The third-order valence-electron chi connectivity index (χ3n) is 2.37. The van der Waals surface area contributed by atoms with Crippen molar-refractivity contribution in [1.82, 2.24) is 0 Å². The molecule has 0 aliphatic carbocycles. The van der Waals surface area contributed by atoms with Gasteiger partial charge in [-0.3, -0.25) is 4.79 Å². The molecule has 0 saturated heterocycles. The fourth-order valence-corrected chi connectivity index (χ4v) is 1.72. The minimum Gasteiger partial charge on any atom is -0.326 e. The van der Waals surface area contributed by atoms with Crippen molar-refractivity contribution in [3.63, 3.8) is 0 Å². The van der Waals surface area contributed by atoms with Crippen LogP contribution in [0.15, 0.2) is 30.3 Å². The van der Waals surface area contributed by atoms with Crippen molar-refractivity contribution in [2.75, 3.05) is 11.1 Å². The summed E-state index contributed by atoms with van der Waals surface area (Å²) >= 11 is 4.15. The Balaban J connectivity index is 2.12. The molecule has 0 unspecified atom stereocenters. The summed E-state index contributed by atoms with van der Waals surface area (Å²) in [6.45, 7) is 0. The second-order valence-corrected chi connectivity index (χ2v) is 4.25. The van der Waals surface area contributed by atoms with E-state index < -0.39 is 0 Å². The van der Waals surface area contributed by atoms with E-state index in [-0.39, 0.29) is 5.91 Å². The number of hydrogen-bond acceptors (Lipinski definition) is 2. The van der Waals surface area contributed by atoms with E-state index in [1.165, 1.54) is 6.42 Å². The van der Waals surface area contributed by atoms with Crippen LogP contribution in [-0.2, 0) is 4.79 Å². The Bertz CT molecular complexity index is 300. The van der Waals surface area contributed by atoms with Gasteiger partial charge in [-0.15, -0.1) is 0 Å². The highest BCUT2D eigenvalue weighted by Crippen LogP contribution is 2.08. The molecular formula is C13H19NOS. The molecule has 1 amide bonds. The van der Waals surface area contributed by atoms with Gasteiger partial charge in [0, 0.05) is 12.1 Å². The quantitative estimate of drug-likeness (QED) is 0.551. The first kappa shape index (κ1) is 13.1. The van der Waals surface area contributed by atoms with Gasteiger partial charge in [0.25, 0.3) is 0 Å². The molecule has 0 spiro atoms. The van der Waals surface area contributed by atoms with Gasteiger partial charge in [0.15, 0.2) is 0 Å². The number of unbranched alkanes of at least 4 members (excludes halogenated alkanes) is 3. The summed E-state index contributed by atoms with van der Waals surface area (Å²) in [4.78, 5) is 11.5. The normalized spacial score (nSPS) is 10.1. The first-order chi connectivity index (χ1) is 7.83. The van der Waals surface area contributed by atoms with Crippen molar-refractivity contribution in [2.24, 2.45) is 0 Å². The van der Waals surface area contributed by atoms with Crippen molar-refractivity contribution >= 4 is 24.2 Å². The highest BCUT2D eigenvalue weighted by molar-refractivity contribution is 7.80. The summed E-state index contributed by atoms with van der Waals surface area (Å²) in [5, 5.41) is 2.88. The highest BCUT2D eigenvalue weighted by atomic mass is 32.1. The molecule has 1 aromatic carbocycles. The third-order valence-corrected chi connectivity index (χ3v) is 2.69. The Morgan fingerprint density at radius 1 is 1.06 bits per heavy atom. The fraction of sp³-hybridized carbons (Fsp3) is 0.462. The van der Waals surface area contributed by atoms with Gasteiger partial charge in [-0.1, -0.05) is 31.0 Å². The minimum absolute atomic E-state index is 0.108. The molecule has 0 aliphatic heterocycles. The summed E-state index contributed by atoms with van der Waals surface area (Å²) in [5.74, 6) is 1.05. The lowest BCUT2D eigenvalue weighted by molar-refractivity contribution is -0.116. The third kappa shape index (κ3) is 5.81. The molecule has 0 saturated carbocycles. The number of nitrogens with one attached hydrogen (secondary N) is 1. The number of thiol groups is 1. The van der Waals surface area contributed by atoms with E-state index in [1.54, 1.807) is 0 Å². The van der Waals surface area contributed by atoms with Gasteiger partial charge in [-0.05, 0) is 30.7 Å². The Labute approximate surface area is 103 Å². The standard InChI is InChI=1S/C13H19NOS/c15-13(10-6-1-2-7-11-16)14-12-8-4-3-5-9-12/h3-5,8-9,16H,1-2,6-7,10-11H2,(H,14,15). The highest BCUT2D eigenvalue weighted by Gasteiger charge is 2.00. The molecule has 0 aromatic heterocycles. The second kappa shape index (κ2) is 8.22. The molecule has 0 atom stereocenters. The lowest BCUT2D eigenvalue weighted by atomic mass is 10.1. The Morgan fingerprint density at radius 2 is 1.75 bits per heavy atom. The van der Waals surface area contributed by atoms with E-state index in [1.807, 2.05) is 30.3 Å². The molecular weight excluding hydrogens is 218 g/mol. The van der Waals surface area contributed by atoms with Gasteiger partial charge in [0.05, 0.1) is 0 Å². The lowest BCUT2D eigenvalue weighted by Crippen LogP contribution is -2.10. The summed E-state index contributed by atoms with van der Waals surface area (Å²) in [6.07, 6.45) is 5.00. The van der Waals surface area contributed by atoms with Crippen LogP contribution in [0, 0.1) is 0 Å². The first-order valence-corrected chi connectivity index (χ1v) is 6.42. The van der Waals surface area contributed by atoms with Crippen LogP contribution in [-0.4, -0.2) is 11.7 Å². The Kier molecular flexibility index (Phi) is 6.74. The maximum Gasteiger partial charge on any atom is 0.224 e. The van der Waals surface area contributed by atoms with Crippen LogP contribution in [0.1, 0.15) is 32.1 Å². The second-order valence-electron chi connectivity index (χ2n) is 3.80. The SMILES string of the molecule is O=C(CCCCCCS)Nc1ccccc1. The first-order valence-electron chi connectivity index (χ1n) is 5.78. The average Bonchev–Trinajstić information content (AvgIpc) is 2.30. The van der Waals surface area contributed by atoms with Gasteiger partial charge in [0.2, 0.25) is 5.91 Å². The number of para-hydroxylation sites is 1. The van der Waals surface area contributed by atoms with Crippen molar-refractivity contribution in [3.05, 3.63) is 30.3 Å². The number of hydrogen-bond donors (Lipinski definition) is 2. The molecule has 0 fully saturated rings. The van der Waals surface area contributed by atoms with Crippen molar-refractivity contribution < 1.29 is 4.79 Å². The number of anilines is 1. The molecule has 0 bridgehead atoms. The molecule has 3 heteroatoms. The molecule has 0 radical (unpaired) electrons. The van der Waals surface area contributed by atoms with Crippen LogP contribution in [0.4, 0.5) is 5.69 Å². The average molecular weight is 237 g/mol. The lowest BCUT2D eigenvalue weighted by Gasteiger charge is -2.04. The van der Waals surface area contributed by atoms with E-state index in [4.69, 9.17) is 0 Å². The molecule has 2 nitrogen and oxygen atoms in total. The monoisotopic (exact) mass is 237 g/mol. The number of carbonyl (C=O) groups excluding carboxylic acids is 1.